The van der Waals surface area contributed by atoms with Crippen LogP contribution < -0.4 is 5.32 Å². The highest BCUT2D eigenvalue weighted by Crippen LogP contribution is 2.19. The summed E-state index contributed by atoms with van der Waals surface area (Å²) in [6.07, 6.45) is 0.855. The van der Waals surface area contributed by atoms with Gasteiger partial charge >= 0.3 is 12.0 Å². The van der Waals surface area contributed by atoms with Crippen molar-refractivity contribution < 1.29 is 14.7 Å². The lowest BCUT2D eigenvalue weighted by molar-refractivity contribution is -0.138. The molecule has 0 saturated carbocycles. The first-order chi connectivity index (χ1) is 7.49. The molecule has 1 rings (SSSR count). The van der Waals surface area contributed by atoms with Crippen molar-refractivity contribution in [1.29, 1.82) is 0 Å². The van der Waals surface area contributed by atoms with Gasteiger partial charge < -0.3 is 15.3 Å². The molecule has 0 bridgehead atoms. The third-order valence-electron chi connectivity index (χ3n) is 2.47. The normalized spacial score (nSPS) is 19.6. The number of urea groups is 1. The number of amides is 2. The van der Waals surface area contributed by atoms with Crippen LogP contribution in [0.15, 0.2) is 11.6 Å². The molecule has 0 spiro atoms. The van der Waals surface area contributed by atoms with E-state index >= 15 is 0 Å². The summed E-state index contributed by atoms with van der Waals surface area (Å²) in [5.41, 5.74) is 0. The molecule has 1 aliphatic rings. The number of carboxylic acids is 1. The molecule has 2 amide bonds. The van der Waals surface area contributed by atoms with Crippen molar-refractivity contribution in [2.75, 3.05) is 19.6 Å². The number of carbonyl (C=O) groups excluding carboxylic acids is 1. The lowest BCUT2D eigenvalue weighted by Gasteiger charge is -2.16. The fourth-order valence-corrected chi connectivity index (χ4v) is 1.78. The van der Waals surface area contributed by atoms with Crippen LogP contribution in [0.4, 0.5) is 4.79 Å². The maximum Gasteiger partial charge on any atom is 0.317 e. The van der Waals surface area contributed by atoms with Gasteiger partial charge in [0.15, 0.2) is 0 Å². The van der Waals surface area contributed by atoms with Crippen LogP contribution in [0.3, 0.4) is 0 Å². The Morgan fingerprint density at radius 1 is 1.56 bits per heavy atom. The first-order valence-corrected chi connectivity index (χ1v) is 5.44. The summed E-state index contributed by atoms with van der Waals surface area (Å²) in [5.74, 6) is -0.760. The minimum atomic E-state index is -0.818. The second-order valence-electron chi connectivity index (χ2n) is 3.87. The Labute approximate surface area is 99.1 Å². The molecule has 0 aromatic rings. The predicted molar refractivity (Wildman–Crippen MR) is 60.3 cm³/mol. The van der Waals surface area contributed by atoms with Gasteiger partial charge in [0.1, 0.15) is 0 Å². The molecule has 1 heterocycles. The number of nitrogens with zero attached hydrogens (tertiary/aromatic N) is 1. The Morgan fingerprint density at radius 3 is 2.81 bits per heavy atom. The van der Waals surface area contributed by atoms with E-state index in [4.69, 9.17) is 16.7 Å². The molecule has 1 aliphatic heterocycles. The first-order valence-electron chi connectivity index (χ1n) is 5.07. The number of hydrogen-bond donors (Lipinski definition) is 2. The molecular formula is C10H15ClN2O3. The van der Waals surface area contributed by atoms with Crippen molar-refractivity contribution >= 4 is 23.6 Å². The summed E-state index contributed by atoms with van der Waals surface area (Å²) in [6, 6.07) is -0.213. The van der Waals surface area contributed by atoms with Gasteiger partial charge in [0.2, 0.25) is 0 Å². The van der Waals surface area contributed by atoms with E-state index in [1.807, 2.05) is 0 Å². The van der Waals surface area contributed by atoms with Gasteiger partial charge in [0.25, 0.3) is 0 Å². The summed E-state index contributed by atoms with van der Waals surface area (Å²) in [6.45, 7) is 4.79. The van der Waals surface area contributed by atoms with Crippen LogP contribution >= 0.6 is 11.6 Å². The number of hydrogen-bond acceptors (Lipinski definition) is 2. The van der Waals surface area contributed by atoms with Crippen LogP contribution in [0.1, 0.15) is 12.8 Å². The van der Waals surface area contributed by atoms with E-state index in [1.54, 1.807) is 4.90 Å². The third kappa shape index (κ3) is 4.10. The van der Waals surface area contributed by atoms with Gasteiger partial charge in [0.05, 0.1) is 6.54 Å². The average molecular weight is 247 g/mol. The standard InChI is InChI=1S/C10H15ClN2O3/c1-7(11)5-12-10(16)13-3-2-8(6-13)4-9(14)15/h8H,1-6H2,(H,12,16)(H,14,15). The molecule has 1 unspecified atom stereocenters. The van der Waals surface area contributed by atoms with Gasteiger partial charge in [-0.1, -0.05) is 18.2 Å². The summed E-state index contributed by atoms with van der Waals surface area (Å²) in [4.78, 5) is 23.7. The maximum absolute atomic E-state index is 11.5. The summed E-state index contributed by atoms with van der Waals surface area (Å²) >= 11 is 5.52. The predicted octanol–water partition coefficient (Wildman–Crippen LogP) is 1.25. The molecule has 0 aromatic carbocycles. The van der Waals surface area contributed by atoms with Crippen LogP contribution in [0.25, 0.3) is 0 Å². The highest BCUT2D eigenvalue weighted by molar-refractivity contribution is 6.29. The zero-order chi connectivity index (χ0) is 12.1. The summed E-state index contributed by atoms with van der Waals surface area (Å²) in [7, 11) is 0. The number of rotatable bonds is 4. The van der Waals surface area contributed by atoms with Gasteiger partial charge in [0, 0.05) is 24.5 Å². The van der Waals surface area contributed by atoms with Crippen LogP contribution in [0.5, 0.6) is 0 Å². The lowest BCUT2D eigenvalue weighted by Crippen LogP contribution is -2.39. The van der Waals surface area contributed by atoms with Crippen molar-refractivity contribution in [3.8, 4) is 0 Å². The molecule has 1 fully saturated rings. The molecule has 1 saturated heterocycles. The third-order valence-corrected chi connectivity index (χ3v) is 2.60. The number of aliphatic carboxylic acids is 1. The largest absolute Gasteiger partial charge is 0.481 e. The highest BCUT2D eigenvalue weighted by atomic mass is 35.5. The van der Waals surface area contributed by atoms with Gasteiger partial charge in [-0.25, -0.2) is 4.79 Å². The quantitative estimate of drug-likeness (QED) is 0.784. The van der Waals surface area contributed by atoms with Crippen LogP contribution in [0.2, 0.25) is 0 Å². The van der Waals surface area contributed by atoms with Crippen molar-refractivity contribution in [2.24, 2.45) is 5.92 Å². The van der Waals surface area contributed by atoms with Crippen molar-refractivity contribution in [3.05, 3.63) is 11.6 Å². The van der Waals surface area contributed by atoms with Crippen molar-refractivity contribution in [1.82, 2.24) is 10.2 Å². The van der Waals surface area contributed by atoms with E-state index in [2.05, 4.69) is 11.9 Å². The molecule has 0 aliphatic carbocycles. The smallest absolute Gasteiger partial charge is 0.317 e. The van der Waals surface area contributed by atoms with Gasteiger partial charge in [-0.15, -0.1) is 0 Å². The summed E-state index contributed by atoms with van der Waals surface area (Å²) < 4.78 is 0. The Kier molecular flexibility index (Phi) is 4.61. The molecule has 90 valence electrons. The number of carbonyl (C=O) groups is 2. The minimum absolute atomic E-state index is 0.0578. The number of nitrogens with one attached hydrogen (secondary N) is 1. The van der Waals surface area contributed by atoms with Gasteiger partial charge in [-0.2, -0.15) is 0 Å². The molecule has 0 aromatic heterocycles. The first kappa shape index (κ1) is 12.8. The molecule has 0 radical (unpaired) electrons. The minimum Gasteiger partial charge on any atom is -0.481 e. The van der Waals surface area contributed by atoms with Crippen LogP contribution in [-0.4, -0.2) is 41.6 Å². The van der Waals surface area contributed by atoms with E-state index in [9.17, 15) is 9.59 Å². The summed E-state index contributed by atoms with van der Waals surface area (Å²) in [5, 5.41) is 11.6. The fourth-order valence-electron chi connectivity index (χ4n) is 1.71. The monoisotopic (exact) mass is 246 g/mol. The molecular weight excluding hydrogens is 232 g/mol. The number of carboxylic acid groups (broad SMARTS) is 1. The van der Waals surface area contributed by atoms with Crippen molar-refractivity contribution in [2.45, 2.75) is 12.8 Å². The lowest BCUT2D eigenvalue weighted by atomic mass is 10.1. The molecule has 6 heteroatoms. The maximum atomic E-state index is 11.5. The molecule has 5 nitrogen and oxygen atoms in total. The van der Waals surface area contributed by atoms with Gasteiger partial charge in [-0.3, -0.25) is 4.79 Å². The Hall–Kier alpha value is -1.23. The SMILES string of the molecule is C=C(Cl)CNC(=O)N1CCC(CC(=O)O)C1. The zero-order valence-electron chi connectivity index (χ0n) is 8.91. The van der Waals surface area contributed by atoms with E-state index in [-0.39, 0.29) is 24.9 Å². The molecule has 16 heavy (non-hydrogen) atoms. The number of halogens is 1. The Bertz CT molecular complexity index is 306. The van der Waals surface area contributed by atoms with E-state index < -0.39 is 5.97 Å². The molecule has 2 N–H and O–H groups in total. The van der Waals surface area contributed by atoms with E-state index in [0.717, 1.165) is 6.42 Å². The van der Waals surface area contributed by atoms with E-state index in [0.29, 0.717) is 18.1 Å². The Balaban J connectivity index is 2.32. The topological polar surface area (TPSA) is 69.6 Å². The Morgan fingerprint density at radius 2 is 2.25 bits per heavy atom. The second kappa shape index (κ2) is 5.75. The van der Waals surface area contributed by atoms with Gasteiger partial charge in [-0.05, 0) is 12.3 Å². The molecule has 1 atom stereocenters. The van der Waals surface area contributed by atoms with E-state index in [1.165, 1.54) is 0 Å². The number of likely N-dealkylation sites (tertiary alicyclic amines) is 1. The second-order valence-corrected chi connectivity index (χ2v) is 4.41. The highest BCUT2D eigenvalue weighted by Gasteiger charge is 2.27. The fraction of sp³-hybridized carbons (Fsp3) is 0.600. The van der Waals surface area contributed by atoms with Crippen LogP contribution in [-0.2, 0) is 4.79 Å². The average Bonchev–Trinajstić information content (AvgIpc) is 2.61. The zero-order valence-corrected chi connectivity index (χ0v) is 9.66. The van der Waals surface area contributed by atoms with Crippen LogP contribution in [0, 0.1) is 5.92 Å². The van der Waals surface area contributed by atoms with Crippen molar-refractivity contribution in [3.63, 3.8) is 0 Å².